The van der Waals surface area contributed by atoms with Gasteiger partial charge in [0.1, 0.15) is 0 Å². The first kappa shape index (κ1) is 23.4. The van der Waals surface area contributed by atoms with Gasteiger partial charge in [-0.2, -0.15) is 0 Å². The molecule has 0 heterocycles. The molecule has 2 aliphatic rings. The van der Waals surface area contributed by atoms with E-state index >= 15 is 0 Å². The Labute approximate surface area is 220 Å². The van der Waals surface area contributed by atoms with Crippen LogP contribution in [0.5, 0.6) is 0 Å². The van der Waals surface area contributed by atoms with Crippen LogP contribution in [0.1, 0.15) is 22.3 Å². The van der Waals surface area contributed by atoms with Gasteiger partial charge in [-0.3, -0.25) is 0 Å². The number of benzene rings is 4. The Balaban J connectivity index is 1.65. The molecule has 0 aliphatic heterocycles. The van der Waals surface area contributed by atoms with Gasteiger partial charge < -0.3 is 0 Å². The molecular weight excluding hydrogens is 496 g/mol. The molecule has 0 unspecified atom stereocenters. The second kappa shape index (κ2) is 9.15. The van der Waals surface area contributed by atoms with Crippen molar-refractivity contribution >= 4 is 19.7 Å². The number of hydrogen-bond acceptors (Lipinski definition) is 4. The van der Waals surface area contributed by atoms with Crippen molar-refractivity contribution in [1.29, 1.82) is 0 Å². The van der Waals surface area contributed by atoms with E-state index in [1.807, 2.05) is 48.5 Å². The molecular formula is C32H24O4Ti. The molecule has 0 bridgehead atoms. The minimum absolute atomic E-state index is 0.613. The van der Waals surface area contributed by atoms with Crippen molar-refractivity contribution in [2.75, 3.05) is 0 Å². The fourth-order valence-corrected chi connectivity index (χ4v) is 11.0. The summed E-state index contributed by atoms with van der Waals surface area (Å²) in [6, 6.07) is 28.5. The van der Waals surface area contributed by atoms with Gasteiger partial charge in [0.05, 0.1) is 0 Å². The molecule has 0 fully saturated rings. The molecule has 0 aromatic heterocycles. The van der Waals surface area contributed by atoms with Gasteiger partial charge in [-0.1, -0.05) is 0 Å². The molecule has 4 aromatic carbocycles. The molecule has 37 heavy (non-hydrogen) atoms. The molecule has 0 saturated heterocycles. The average Bonchev–Trinajstić information content (AvgIpc) is 3.50. The number of carbonyl (C=O) groups is 2. The van der Waals surface area contributed by atoms with Gasteiger partial charge in [0.15, 0.2) is 0 Å². The number of hydrogen-bond donors (Lipinski definition) is 0. The van der Waals surface area contributed by atoms with E-state index in [-0.39, 0.29) is 0 Å². The van der Waals surface area contributed by atoms with Crippen molar-refractivity contribution in [3.05, 3.63) is 132 Å². The second-order valence-electron chi connectivity index (χ2n) is 9.20. The first-order valence-electron chi connectivity index (χ1n) is 12.2. The Morgan fingerprint density at radius 2 is 1.00 bits per heavy atom. The van der Waals surface area contributed by atoms with E-state index in [1.54, 1.807) is 0 Å². The monoisotopic (exact) mass is 520 g/mol. The van der Waals surface area contributed by atoms with Gasteiger partial charge >= 0.3 is 221 Å². The van der Waals surface area contributed by atoms with Crippen LogP contribution in [0.25, 0.3) is 22.3 Å². The Hall–Kier alpha value is -3.99. The molecule has 2 aliphatic carbocycles. The molecule has 0 amide bonds. The average molecular weight is 520 g/mol. The Morgan fingerprint density at radius 1 is 0.595 bits per heavy atom. The molecule has 6 rings (SSSR count). The number of carbonyl (C=O) groups excluding carboxylic acids is 2. The molecule has 5 heteroatoms. The fraction of sp³-hybridized carbons (Fsp3) is 0.0625. The summed E-state index contributed by atoms with van der Waals surface area (Å²) in [5.74, 6) is -1.23. The first-order valence-corrected chi connectivity index (χ1v) is 15.0. The summed E-state index contributed by atoms with van der Waals surface area (Å²) in [5, 5.41) is 0. The standard InChI is InChI=1S/2C13H9.2C3H4O2.Ti/c2*1-3-7-12-10(5-1)9-11-6-2-4-8-13(11)12;2*1-2-3(4)5;/h2*1-5,7-8H,9H2;2*2H,1H2,(H,4,5);/q;;;;+2/p-2. The zero-order valence-corrected chi connectivity index (χ0v) is 21.8. The summed E-state index contributed by atoms with van der Waals surface area (Å²) in [6.45, 7) is 7.27. The van der Waals surface area contributed by atoms with E-state index in [4.69, 9.17) is 6.64 Å². The number of rotatable bonds is 6. The van der Waals surface area contributed by atoms with Crippen LogP contribution in [-0.4, -0.2) is 11.9 Å². The molecule has 0 saturated carbocycles. The summed E-state index contributed by atoms with van der Waals surface area (Å²) < 4.78 is 14.2. The van der Waals surface area contributed by atoms with Gasteiger partial charge in [-0.15, -0.1) is 0 Å². The van der Waals surface area contributed by atoms with E-state index < -0.39 is 29.3 Å². The molecule has 0 radical (unpaired) electrons. The third kappa shape index (κ3) is 3.72. The zero-order valence-electron chi connectivity index (χ0n) is 20.2. The summed E-state index contributed by atoms with van der Waals surface area (Å²) in [6.07, 6.45) is 3.61. The molecule has 180 valence electrons. The number of fused-ring (bicyclic) bond motifs is 6. The molecule has 0 N–H and O–H groups in total. The van der Waals surface area contributed by atoms with Crippen LogP contribution in [0.4, 0.5) is 0 Å². The Kier molecular flexibility index (Phi) is 5.79. The van der Waals surface area contributed by atoms with Crippen LogP contribution in [0.3, 0.4) is 0 Å². The molecule has 0 spiro atoms. The molecule has 4 aromatic rings. The third-order valence-electron chi connectivity index (χ3n) is 7.23. The van der Waals surface area contributed by atoms with E-state index in [2.05, 4.69) is 49.6 Å². The van der Waals surface area contributed by atoms with E-state index in [0.29, 0.717) is 12.8 Å². The predicted octanol–water partition coefficient (Wildman–Crippen LogP) is 5.22. The van der Waals surface area contributed by atoms with E-state index in [9.17, 15) is 9.59 Å². The summed E-state index contributed by atoms with van der Waals surface area (Å²) in [7, 11) is 0. The fourth-order valence-electron chi connectivity index (χ4n) is 5.68. The van der Waals surface area contributed by atoms with Gasteiger partial charge in [0.2, 0.25) is 0 Å². The van der Waals surface area contributed by atoms with Crippen molar-refractivity contribution in [2.45, 2.75) is 12.8 Å². The maximum absolute atomic E-state index is 13.0. The molecule has 4 nitrogen and oxygen atoms in total. The van der Waals surface area contributed by atoms with Crippen LogP contribution in [0.15, 0.2) is 110 Å². The summed E-state index contributed by atoms with van der Waals surface area (Å²) in [5.41, 5.74) is 8.88. The van der Waals surface area contributed by atoms with Gasteiger partial charge in [0.25, 0.3) is 0 Å². The third-order valence-corrected chi connectivity index (χ3v) is 12.4. The minimum atomic E-state index is -4.69. The second-order valence-corrected chi connectivity index (χ2v) is 13.4. The Morgan fingerprint density at radius 3 is 1.43 bits per heavy atom. The van der Waals surface area contributed by atoms with E-state index in [1.165, 1.54) is 11.1 Å². The van der Waals surface area contributed by atoms with Crippen LogP contribution in [-0.2, 0) is 46.4 Å². The van der Waals surface area contributed by atoms with E-state index in [0.717, 1.165) is 53.3 Å². The van der Waals surface area contributed by atoms with Gasteiger partial charge in [-0.25, -0.2) is 0 Å². The SMILES string of the molecule is C=CC(=O)[O][Ti]([O]C(=O)C=C)([c]1cccc2c1Cc1ccccc1-2)[c]1cccc2c1Cc1ccccc1-2. The summed E-state index contributed by atoms with van der Waals surface area (Å²) in [4.78, 5) is 25.9. The van der Waals surface area contributed by atoms with Gasteiger partial charge in [0, 0.05) is 0 Å². The van der Waals surface area contributed by atoms with Crippen molar-refractivity contribution in [3.8, 4) is 22.3 Å². The normalized spacial score (nSPS) is 12.5. The van der Waals surface area contributed by atoms with Crippen LogP contribution >= 0.6 is 0 Å². The Bertz CT molecular complexity index is 1500. The van der Waals surface area contributed by atoms with Crippen molar-refractivity contribution in [2.24, 2.45) is 0 Å². The van der Waals surface area contributed by atoms with Crippen LogP contribution in [0.2, 0.25) is 0 Å². The van der Waals surface area contributed by atoms with Crippen molar-refractivity contribution in [3.63, 3.8) is 0 Å². The first-order chi connectivity index (χ1) is 18.1. The summed E-state index contributed by atoms with van der Waals surface area (Å²) >= 11 is -4.69. The molecule has 0 atom stereocenters. The van der Waals surface area contributed by atoms with Gasteiger partial charge in [-0.05, 0) is 0 Å². The van der Waals surface area contributed by atoms with Crippen molar-refractivity contribution in [1.82, 2.24) is 0 Å². The van der Waals surface area contributed by atoms with Crippen LogP contribution in [0, 0.1) is 0 Å². The van der Waals surface area contributed by atoms with Crippen molar-refractivity contribution < 1.29 is 33.6 Å². The predicted molar refractivity (Wildman–Crippen MR) is 141 cm³/mol. The van der Waals surface area contributed by atoms with Crippen LogP contribution < -0.4 is 7.74 Å². The topological polar surface area (TPSA) is 52.6 Å². The zero-order chi connectivity index (χ0) is 25.6. The quantitative estimate of drug-likeness (QED) is 0.223. The maximum atomic E-state index is 13.0.